The van der Waals surface area contributed by atoms with Crippen molar-refractivity contribution in [3.05, 3.63) is 54.9 Å². The highest BCUT2D eigenvalue weighted by molar-refractivity contribution is 5.80. The Balaban J connectivity index is 1.63. The second kappa shape index (κ2) is 6.90. The van der Waals surface area contributed by atoms with Crippen LogP contribution >= 0.6 is 0 Å². The normalized spacial score (nSPS) is 12.2. The third kappa shape index (κ3) is 2.94. The Morgan fingerprint density at radius 1 is 1.00 bits per heavy atom. The molecule has 4 aromatic rings. The number of ether oxygens (including phenoxy) is 4. The van der Waals surface area contributed by atoms with Gasteiger partial charge in [-0.05, 0) is 36.4 Å². The van der Waals surface area contributed by atoms with Crippen LogP contribution in [-0.2, 0) is 0 Å². The van der Waals surface area contributed by atoms with Crippen LogP contribution in [-0.4, -0.2) is 35.4 Å². The summed E-state index contributed by atoms with van der Waals surface area (Å²) < 4.78 is 23.6. The molecular weight excluding hydrogens is 372 g/mol. The molecule has 0 saturated heterocycles. The van der Waals surface area contributed by atoms with Crippen molar-refractivity contribution >= 4 is 17.3 Å². The highest BCUT2D eigenvalue weighted by Gasteiger charge is 2.19. The van der Waals surface area contributed by atoms with E-state index in [1.54, 1.807) is 20.4 Å². The summed E-state index contributed by atoms with van der Waals surface area (Å²) in [5.41, 5.74) is 2.46. The summed E-state index contributed by atoms with van der Waals surface area (Å²) in [6.45, 7) is 0.231. The molecule has 0 fully saturated rings. The van der Waals surface area contributed by atoms with Crippen LogP contribution in [0.15, 0.2) is 54.9 Å². The topological polar surface area (TPSA) is 79.1 Å². The lowest BCUT2D eigenvalue weighted by atomic mass is 10.1. The van der Waals surface area contributed by atoms with Gasteiger partial charge in [0.2, 0.25) is 12.6 Å². The van der Waals surface area contributed by atoms with Crippen LogP contribution < -0.4 is 24.3 Å². The summed E-state index contributed by atoms with van der Waals surface area (Å²) in [5, 5.41) is 3.44. The summed E-state index contributed by atoms with van der Waals surface area (Å²) in [4.78, 5) is 9.09. The predicted octanol–water partition coefficient (Wildman–Crippen LogP) is 3.89. The standard InChI is InChI=1S/C21H18N4O4/c1-26-15-6-4-13(10-17(15)27-2)19-20(25-9-3-8-22-21(25)24-19)23-14-5-7-16-18(11-14)29-12-28-16/h3-11,23H,12H2,1-2H3. The number of nitrogens with one attached hydrogen (secondary N) is 1. The molecule has 29 heavy (non-hydrogen) atoms. The van der Waals surface area contributed by atoms with Crippen LogP contribution in [0.5, 0.6) is 23.0 Å². The maximum absolute atomic E-state index is 5.49. The number of anilines is 2. The lowest BCUT2D eigenvalue weighted by Gasteiger charge is -2.11. The first-order chi connectivity index (χ1) is 14.3. The number of fused-ring (bicyclic) bond motifs is 2. The molecule has 0 atom stereocenters. The highest BCUT2D eigenvalue weighted by atomic mass is 16.7. The molecule has 8 nitrogen and oxygen atoms in total. The highest BCUT2D eigenvalue weighted by Crippen LogP contribution is 2.38. The fraction of sp³-hybridized carbons (Fsp3) is 0.143. The van der Waals surface area contributed by atoms with Crippen LogP contribution in [0.25, 0.3) is 17.0 Å². The summed E-state index contributed by atoms with van der Waals surface area (Å²) in [5.74, 6) is 4.08. The Morgan fingerprint density at radius 2 is 1.86 bits per heavy atom. The molecule has 5 rings (SSSR count). The summed E-state index contributed by atoms with van der Waals surface area (Å²) >= 11 is 0. The molecule has 8 heteroatoms. The van der Waals surface area contributed by atoms with Gasteiger partial charge in [-0.2, -0.15) is 0 Å². The predicted molar refractivity (Wildman–Crippen MR) is 107 cm³/mol. The minimum absolute atomic E-state index is 0.231. The molecule has 2 aromatic heterocycles. The lowest BCUT2D eigenvalue weighted by Crippen LogP contribution is -1.98. The Bertz CT molecular complexity index is 1200. The number of methoxy groups -OCH3 is 2. The first kappa shape index (κ1) is 17.2. The molecule has 0 saturated carbocycles. The minimum atomic E-state index is 0.231. The maximum Gasteiger partial charge on any atom is 0.235 e. The third-order valence-electron chi connectivity index (χ3n) is 4.70. The number of nitrogens with zero attached hydrogens (tertiary/aromatic N) is 3. The smallest absolute Gasteiger partial charge is 0.235 e. The molecule has 0 radical (unpaired) electrons. The number of aromatic nitrogens is 3. The van der Waals surface area contributed by atoms with E-state index in [1.165, 1.54) is 0 Å². The van der Waals surface area contributed by atoms with E-state index in [2.05, 4.69) is 10.3 Å². The van der Waals surface area contributed by atoms with Crippen LogP contribution in [0, 0.1) is 0 Å². The Hall–Kier alpha value is -3.94. The third-order valence-corrected chi connectivity index (χ3v) is 4.70. The molecule has 0 spiro atoms. The zero-order chi connectivity index (χ0) is 19.8. The van der Waals surface area contributed by atoms with E-state index < -0.39 is 0 Å². The zero-order valence-electron chi connectivity index (χ0n) is 15.9. The Kier molecular flexibility index (Phi) is 4.09. The van der Waals surface area contributed by atoms with Crippen molar-refractivity contribution in [3.63, 3.8) is 0 Å². The average Bonchev–Trinajstić information content (AvgIpc) is 3.38. The van der Waals surface area contributed by atoms with E-state index >= 15 is 0 Å². The second-order valence-electron chi connectivity index (χ2n) is 6.36. The number of rotatable bonds is 5. The quantitative estimate of drug-likeness (QED) is 0.554. The fourth-order valence-electron chi connectivity index (χ4n) is 3.30. The molecule has 0 bridgehead atoms. The Labute approximate surface area is 166 Å². The van der Waals surface area contributed by atoms with Gasteiger partial charge in [-0.15, -0.1) is 0 Å². The number of imidazole rings is 1. The maximum atomic E-state index is 5.49. The molecule has 1 aliphatic rings. The van der Waals surface area contributed by atoms with E-state index in [9.17, 15) is 0 Å². The lowest BCUT2D eigenvalue weighted by molar-refractivity contribution is 0.174. The molecular formula is C21H18N4O4. The van der Waals surface area contributed by atoms with E-state index in [-0.39, 0.29) is 6.79 Å². The molecule has 1 aliphatic heterocycles. The van der Waals surface area contributed by atoms with Crippen LogP contribution in [0.4, 0.5) is 11.5 Å². The van der Waals surface area contributed by atoms with Crippen molar-refractivity contribution in [2.24, 2.45) is 0 Å². The number of benzene rings is 2. The fourth-order valence-corrected chi connectivity index (χ4v) is 3.30. The largest absolute Gasteiger partial charge is 0.493 e. The number of hydrogen-bond donors (Lipinski definition) is 1. The zero-order valence-corrected chi connectivity index (χ0v) is 15.9. The van der Waals surface area contributed by atoms with Gasteiger partial charge in [-0.1, -0.05) is 0 Å². The van der Waals surface area contributed by atoms with Crippen molar-refractivity contribution < 1.29 is 18.9 Å². The second-order valence-corrected chi connectivity index (χ2v) is 6.36. The van der Waals surface area contributed by atoms with Gasteiger partial charge >= 0.3 is 0 Å². The van der Waals surface area contributed by atoms with E-state index in [0.29, 0.717) is 23.0 Å². The molecule has 2 aromatic carbocycles. The van der Waals surface area contributed by atoms with Crippen LogP contribution in [0.3, 0.4) is 0 Å². The minimum Gasteiger partial charge on any atom is -0.493 e. The van der Waals surface area contributed by atoms with Crippen molar-refractivity contribution in [2.45, 2.75) is 0 Å². The van der Waals surface area contributed by atoms with Crippen molar-refractivity contribution in [2.75, 3.05) is 26.3 Å². The van der Waals surface area contributed by atoms with Gasteiger partial charge in [-0.25, -0.2) is 9.97 Å². The van der Waals surface area contributed by atoms with Crippen LogP contribution in [0.1, 0.15) is 0 Å². The average molecular weight is 390 g/mol. The summed E-state index contributed by atoms with van der Waals surface area (Å²) in [6.07, 6.45) is 3.62. The summed E-state index contributed by atoms with van der Waals surface area (Å²) in [6, 6.07) is 13.3. The molecule has 3 heterocycles. The molecule has 0 aliphatic carbocycles. The number of hydrogen-bond acceptors (Lipinski definition) is 7. The van der Waals surface area contributed by atoms with Gasteiger partial charge < -0.3 is 24.3 Å². The van der Waals surface area contributed by atoms with Crippen molar-refractivity contribution in [1.29, 1.82) is 0 Å². The van der Waals surface area contributed by atoms with Gasteiger partial charge in [0.05, 0.1) is 14.2 Å². The van der Waals surface area contributed by atoms with Crippen molar-refractivity contribution in [3.8, 4) is 34.3 Å². The molecule has 0 unspecified atom stereocenters. The van der Waals surface area contributed by atoms with Gasteiger partial charge in [-0.3, -0.25) is 4.40 Å². The first-order valence-corrected chi connectivity index (χ1v) is 8.99. The van der Waals surface area contributed by atoms with Crippen molar-refractivity contribution in [1.82, 2.24) is 14.4 Å². The first-order valence-electron chi connectivity index (χ1n) is 8.99. The van der Waals surface area contributed by atoms with Gasteiger partial charge in [0.1, 0.15) is 11.5 Å². The van der Waals surface area contributed by atoms with Gasteiger partial charge in [0, 0.05) is 29.7 Å². The monoisotopic (exact) mass is 390 g/mol. The van der Waals surface area contributed by atoms with E-state index in [4.69, 9.17) is 23.9 Å². The van der Waals surface area contributed by atoms with E-state index in [1.807, 2.05) is 53.1 Å². The molecule has 146 valence electrons. The van der Waals surface area contributed by atoms with E-state index in [0.717, 1.165) is 28.5 Å². The summed E-state index contributed by atoms with van der Waals surface area (Å²) in [7, 11) is 3.22. The van der Waals surface area contributed by atoms with Gasteiger partial charge in [0.15, 0.2) is 23.0 Å². The van der Waals surface area contributed by atoms with Gasteiger partial charge in [0.25, 0.3) is 0 Å². The molecule has 0 amide bonds. The molecule has 1 N–H and O–H groups in total. The SMILES string of the molecule is COc1ccc(-c2nc3ncccn3c2Nc2ccc3c(c2)OCO3)cc1OC. The Morgan fingerprint density at radius 3 is 2.72 bits per heavy atom. The van der Waals surface area contributed by atoms with Crippen LogP contribution in [0.2, 0.25) is 0 Å².